The van der Waals surface area contributed by atoms with Crippen molar-refractivity contribution in [3.8, 4) is 0 Å². The summed E-state index contributed by atoms with van der Waals surface area (Å²) in [5.41, 5.74) is 0.480. The second kappa shape index (κ2) is 4.12. The van der Waals surface area contributed by atoms with Crippen molar-refractivity contribution in [2.75, 3.05) is 7.05 Å². The molecule has 0 saturated heterocycles. The minimum atomic E-state index is 0.426. The molecule has 104 valence electrons. The molecule has 1 atom stereocenters. The van der Waals surface area contributed by atoms with Crippen molar-refractivity contribution in [2.24, 2.45) is 23.2 Å². The standard InChI is InChI=1S/C17H25NO/c1-11-3-4-15(19-11)16(18-2)17-8-12-5-13(9-17)7-14(6-12)10-17/h3-4,12-14,16,18H,5-10H2,1-2H3. The maximum absolute atomic E-state index is 5.96. The van der Waals surface area contributed by atoms with Gasteiger partial charge in [0.2, 0.25) is 0 Å². The van der Waals surface area contributed by atoms with E-state index in [0.717, 1.165) is 23.5 Å². The number of aryl methyl sites for hydroxylation is 1. The molecular weight excluding hydrogens is 234 g/mol. The van der Waals surface area contributed by atoms with Crippen molar-refractivity contribution in [2.45, 2.75) is 51.5 Å². The molecule has 4 aliphatic carbocycles. The molecule has 4 aliphatic rings. The predicted molar refractivity (Wildman–Crippen MR) is 75.9 cm³/mol. The third-order valence-electron chi connectivity index (χ3n) is 6.03. The summed E-state index contributed by atoms with van der Waals surface area (Å²) in [6.45, 7) is 2.05. The summed E-state index contributed by atoms with van der Waals surface area (Å²) in [4.78, 5) is 0. The van der Waals surface area contributed by atoms with Crippen molar-refractivity contribution in [3.05, 3.63) is 23.7 Å². The lowest BCUT2D eigenvalue weighted by molar-refractivity contribution is -0.0771. The second-order valence-electron chi connectivity index (χ2n) is 7.45. The maximum atomic E-state index is 5.96. The summed E-state index contributed by atoms with van der Waals surface area (Å²) in [6, 6.07) is 4.73. The quantitative estimate of drug-likeness (QED) is 0.885. The lowest BCUT2D eigenvalue weighted by atomic mass is 9.47. The monoisotopic (exact) mass is 259 g/mol. The highest BCUT2D eigenvalue weighted by Crippen LogP contribution is 2.64. The zero-order valence-electron chi connectivity index (χ0n) is 12.1. The number of hydrogen-bond acceptors (Lipinski definition) is 2. The van der Waals surface area contributed by atoms with Gasteiger partial charge in [-0.3, -0.25) is 0 Å². The third-order valence-corrected chi connectivity index (χ3v) is 6.03. The largest absolute Gasteiger partial charge is 0.465 e. The zero-order chi connectivity index (χ0) is 13.0. The molecule has 1 aromatic heterocycles. The van der Waals surface area contributed by atoms with E-state index in [9.17, 15) is 0 Å². The van der Waals surface area contributed by atoms with Gasteiger partial charge in [0, 0.05) is 0 Å². The first kappa shape index (κ1) is 12.0. The Morgan fingerprint density at radius 1 is 1.11 bits per heavy atom. The number of hydrogen-bond donors (Lipinski definition) is 1. The molecule has 2 heteroatoms. The van der Waals surface area contributed by atoms with Crippen LogP contribution in [0.5, 0.6) is 0 Å². The Morgan fingerprint density at radius 3 is 2.11 bits per heavy atom. The smallest absolute Gasteiger partial charge is 0.121 e. The molecule has 2 nitrogen and oxygen atoms in total. The van der Waals surface area contributed by atoms with Crippen LogP contribution < -0.4 is 5.32 Å². The van der Waals surface area contributed by atoms with Gasteiger partial charge in [-0.15, -0.1) is 0 Å². The molecule has 4 bridgehead atoms. The average Bonchev–Trinajstić information content (AvgIpc) is 2.74. The molecule has 4 fully saturated rings. The van der Waals surface area contributed by atoms with Crippen molar-refractivity contribution in [1.29, 1.82) is 0 Å². The van der Waals surface area contributed by atoms with Crippen LogP contribution in [0.3, 0.4) is 0 Å². The van der Waals surface area contributed by atoms with E-state index in [2.05, 4.69) is 31.4 Å². The van der Waals surface area contributed by atoms with E-state index in [-0.39, 0.29) is 0 Å². The van der Waals surface area contributed by atoms with Gasteiger partial charge in [-0.1, -0.05) is 0 Å². The summed E-state index contributed by atoms with van der Waals surface area (Å²) in [6.07, 6.45) is 8.78. The number of rotatable bonds is 3. The molecule has 5 rings (SSSR count). The van der Waals surface area contributed by atoms with E-state index >= 15 is 0 Å². The summed E-state index contributed by atoms with van der Waals surface area (Å²) in [5, 5.41) is 3.59. The fourth-order valence-electron chi connectivity index (χ4n) is 5.89. The van der Waals surface area contributed by atoms with E-state index in [0.29, 0.717) is 11.5 Å². The Balaban J connectivity index is 1.69. The van der Waals surface area contributed by atoms with E-state index in [1.54, 1.807) is 0 Å². The Morgan fingerprint density at radius 2 is 1.68 bits per heavy atom. The third kappa shape index (κ3) is 1.79. The van der Waals surface area contributed by atoms with Gasteiger partial charge in [0.05, 0.1) is 6.04 Å². The van der Waals surface area contributed by atoms with Gasteiger partial charge in [-0.25, -0.2) is 0 Å². The molecule has 0 aliphatic heterocycles. The van der Waals surface area contributed by atoms with Crippen LogP contribution in [0.15, 0.2) is 16.5 Å². The Labute approximate surface area is 116 Å². The lowest BCUT2D eigenvalue weighted by Crippen LogP contribution is -2.51. The zero-order valence-corrected chi connectivity index (χ0v) is 12.1. The summed E-state index contributed by atoms with van der Waals surface area (Å²) in [5.74, 6) is 5.21. The molecule has 0 aromatic carbocycles. The Kier molecular flexibility index (Phi) is 2.60. The van der Waals surface area contributed by atoms with Crippen molar-refractivity contribution in [1.82, 2.24) is 5.32 Å². The fourth-order valence-corrected chi connectivity index (χ4v) is 5.89. The maximum Gasteiger partial charge on any atom is 0.121 e. The van der Waals surface area contributed by atoms with Crippen molar-refractivity contribution >= 4 is 0 Å². The average molecular weight is 259 g/mol. The van der Waals surface area contributed by atoms with Gasteiger partial charge in [0.1, 0.15) is 11.5 Å². The fraction of sp³-hybridized carbons (Fsp3) is 0.765. The first-order valence-corrected chi connectivity index (χ1v) is 7.92. The SMILES string of the molecule is CNC(c1ccc(C)o1)C12CC3CC(CC(C3)C1)C2. The molecule has 0 amide bonds. The van der Waals surface area contributed by atoms with Gasteiger partial charge >= 0.3 is 0 Å². The predicted octanol–water partition coefficient (Wildman–Crippen LogP) is 4.06. The molecule has 1 heterocycles. The van der Waals surface area contributed by atoms with E-state index in [1.807, 2.05) is 0 Å². The number of furan rings is 1. The van der Waals surface area contributed by atoms with Gasteiger partial charge in [0.15, 0.2) is 0 Å². The van der Waals surface area contributed by atoms with E-state index < -0.39 is 0 Å². The molecule has 1 N–H and O–H groups in total. The van der Waals surface area contributed by atoms with Crippen molar-refractivity contribution < 1.29 is 4.42 Å². The number of nitrogens with one attached hydrogen (secondary N) is 1. The summed E-state index contributed by atoms with van der Waals surface area (Å²) < 4.78 is 5.96. The normalized spacial score (nSPS) is 41.7. The highest BCUT2D eigenvalue weighted by Gasteiger charge is 2.54. The topological polar surface area (TPSA) is 25.2 Å². The van der Waals surface area contributed by atoms with Crippen LogP contribution in [0.1, 0.15) is 56.1 Å². The molecule has 1 unspecified atom stereocenters. The molecule has 1 aromatic rings. The first-order chi connectivity index (χ1) is 9.18. The first-order valence-electron chi connectivity index (χ1n) is 7.92. The second-order valence-corrected chi connectivity index (χ2v) is 7.45. The van der Waals surface area contributed by atoms with Crippen LogP contribution in [0, 0.1) is 30.1 Å². The van der Waals surface area contributed by atoms with Gasteiger partial charge in [0.25, 0.3) is 0 Å². The summed E-state index contributed by atoms with van der Waals surface area (Å²) >= 11 is 0. The highest BCUT2D eigenvalue weighted by molar-refractivity contribution is 5.17. The molecular formula is C17H25NO. The minimum Gasteiger partial charge on any atom is -0.465 e. The molecule has 0 radical (unpaired) electrons. The Bertz CT molecular complexity index is 440. The van der Waals surface area contributed by atoms with Crippen LogP contribution in [-0.4, -0.2) is 7.05 Å². The van der Waals surface area contributed by atoms with Crippen LogP contribution in [0.4, 0.5) is 0 Å². The lowest BCUT2D eigenvalue weighted by Gasteiger charge is -2.59. The van der Waals surface area contributed by atoms with E-state index in [1.165, 1.54) is 44.3 Å². The highest BCUT2D eigenvalue weighted by atomic mass is 16.3. The van der Waals surface area contributed by atoms with Gasteiger partial charge in [-0.05, 0) is 87.8 Å². The van der Waals surface area contributed by atoms with Gasteiger partial charge in [-0.2, -0.15) is 0 Å². The van der Waals surface area contributed by atoms with E-state index in [4.69, 9.17) is 4.42 Å². The molecule has 4 saturated carbocycles. The molecule has 0 spiro atoms. The van der Waals surface area contributed by atoms with Crippen LogP contribution in [0.2, 0.25) is 0 Å². The summed E-state index contributed by atoms with van der Waals surface area (Å²) in [7, 11) is 2.11. The van der Waals surface area contributed by atoms with Crippen molar-refractivity contribution in [3.63, 3.8) is 0 Å². The minimum absolute atomic E-state index is 0.426. The van der Waals surface area contributed by atoms with Crippen LogP contribution in [-0.2, 0) is 0 Å². The van der Waals surface area contributed by atoms with Gasteiger partial charge < -0.3 is 9.73 Å². The Hall–Kier alpha value is -0.760. The molecule has 19 heavy (non-hydrogen) atoms. The van der Waals surface area contributed by atoms with Crippen LogP contribution in [0.25, 0.3) is 0 Å². The van der Waals surface area contributed by atoms with Crippen LogP contribution >= 0.6 is 0 Å².